The molecule has 0 amide bonds. The van der Waals surface area contributed by atoms with Gasteiger partial charge in [-0.25, -0.2) is 8.42 Å². The van der Waals surface area contributed by atoms with Crippen molar-refractivity contribution in [1.29, 1.82) is 0 Å². The SMILES string of the molecule is Cn1cc(S(=O)(=O)C(C)(C)N2CCCCC2)c(C(F)(F)F)n1. The van der Waals surface area contributed by atoms with Crippen LogP contribution in [0.4, 0.5) is 13.2 Å². The number of sulfone groups is 1. The van der Waals surface area contributed by atoms with Crippen molar-refractivity contribution >= 4 is 9.84 Å². The normalized spacial score (nSPS) is 18.6. The zero-order valence-electron chi connectivity index (χ0n) is 12.8. The van der Waals surface area contributed by atoms with Crippen LogP contribution < -0.4 is 0 Å². The molecule has 0 aliphatic carbocycles. The first-order valence-electron chi connectivity index (χ1n) is 7.08. The highest BCUT2D eigenvalue weighted by molar-refractivity contribution is 7.92. The van der Waals surface area contributed by atoms with Gasteiger partial charge >= 0.3 is 6.18 Å². The van der Waals surface area contributed by atoms with E-state index < -0.39 is 31.5 Å². The molecule has 1 aliphatic heterocycles. The molecule has 1 saturated heterocycles. The average molecular weight is 339 g/mol. The Kier molecular flexibility index (Phi) is 4.33. The summed E-state index contributed by atoms with van der Waals surface area (Å²) in [6, 6.07) is 0. The van der Waals surface area contributed by atoms with Gasteiger partial charge in [-0.3, -0.25) is 9.58 Å². The Bertz CT molecular complexity index is 644. The van der Waals surface area contributed by atoms with Gasteiger partial charge in [0, 0.05) is 13.2 Å². The number of likely N-dealkylation sites (tertiary alicyclic amines) is 1. The van der Waals surface area contributed by atoms with E-state index in [0.29, 0.717) is 13.1 Å². The molecule has 1 fully saturated rings. The smallest absolute Gasteiger partial charge is 0.285 e. The molecule has 1 aliphatic rings. The second kappa shape index (κ2) is 5.52. The largest absolute Gasteiger partial charge is 0.436 e. The Morgan fingerprint density at radius 3 is 2.18 bits per heavy atom. The summed E-state index contributed by atoms with van der Waals surface area (Å²) in [6.45, 7) is 4.04. The summed E-state index contributed by atoms with van der Waals surface area (Å²) in [6.07, 6.45) is -1.17. The molecule has 2 heterocycles. The molecule has 0 atom stereocenters. The molecule has 1 aromatic rings. The van der Waals surface area contributed by atoms with E-state index in [1.165, 1.54) is 20.9 Å². The Hall–Kier alpha value is -1.09. The van der Waals surface area contributed by atoms with Crippen molar-refractivity contribution in [3.63, 3.8) is 0 Å². The van der Waals surface area contributed by atoms with Crippen LogP contribution in [0.2, 0.25) is 0 Å². The molecule has 0 bridgehead atoms. The number of aromatic nitrogens is 2. The highest BCUT2D eigenvalue weighted by atomic mass is 32.2. The maximum atomic E-state index is 13.1. The lowest BCUT2D eigenvalue weighted by atomic mass is 10.1. The third kappa shape index (κ3) is 2.88. The number of aryl methyl sites for hydroxylation is 1. The zero-order valence-corrected chi connectivity index (χ0v) is 13.6. The maximum Gasteiger partial charge on any atom is 0.436 e. The minimum absolute atomic E-state index is 0.563. The molecular weight excluding hydrogens is 319 g/mol. The Morgan fingerprint density at radius 2 is 1.68 bits per heavy atom. The van der Waals surface area contributed by atoms with Gasteiger partial charge in [-0.2, -0.15) is 18.3 Å². The first kappa shape index (κ1) is 17.3. The lowest BCUT2D eigenvalue weighted by Gasteiger charge is -2.40. The van der Waals surface area contributed by atoms with Crippen LogP contribution in [-0.2, 0) is 23.1 Å². The van der Waals surface area contributed by atoms with E-state index in [9.17, 15) is 21.6 Å². The lowest BCUT2D eigenvalue weighted by molar-refractivity contribution is -0.143. The van der Waals surface area contributed by atoms with Gasteiger partial charge in [-0.1, -0.05) is 6.42 Å². The molecule has 9 heteroatoms. The standard InChI is InChI=1S/C13H20F3N3O2S/c1-12(2,19-7-5-4-6-8-19)22(20,21)10-9-18(3)17-11(10)13(14,15)16/h9H,4-8H2,1-3H3. The Balaban J connectivity index is 2.50. The van der Waals surface area contributed by atoms with Gasteiger partial charge in [-0.05, 0) is 39.8 Å². The van der Waals surface area contributed by atoms with Gasteiger partial charge in [0.1, 0.15) is 9.77 Å². The predicted molar refractivity (Wildman–Crippen MR) is 74.9 cm³/mol. The van der Waals surface area contributed by atoms with Crippen molar-refractivity contribution in [1.82, 2.24) is 14.7 Å². The van der Waals surface area contributed by atoms with Crippen molar-refractivity contribution in [2.45, 2.75) is 49.1 Å². The summed E-state index contributed by atoms with van der Waals surface area (Å²) in [4.78, 5) is -0.423. The minimum atomic E-state index is -4.80. The Morgan fingerprint density at radius 1 is 1.14 bits per heavy atom. The van der Waals surface area contributed by atoms with Crippen molar-refractivity contribution in [2.75, 3.05) is 13.1 Å². The molecule has 0 aromatic carbocycles. The first-order chi connectivity index (χ1) is 9.98. The number of rotatable bonds is 3. The molecule has 1 aromatic heterocycles. The fraction of sp³-hybridized carbons (Fsp3) is 0.769. The average Bonchev–Trinajstić information content (AvgIpc) is 2.82. The lowest BCUT2D eigenvalue weighted by Crippen LogP contribution is -2.52. The van der Waals surface area contributed by atoms with E-state index >= 15 is 0 Å². The number of hydrogen-bond acceptors (Lipinski definition) is 4. The summed E-state index contributed by atoms with van der Waals surface area (Å²) in [5.74, 6) is 0. The summed E-state index contributed by atoms with van der Waals surface area (Å²) in [5.41, 5.74) is -1.35. The number of hydrogen-bond donors (Lipinski definition) is 0. The summed E-state index contributed by atoms with van der Waals surface area (Å²) < 4.78 is 65.8. The highest BCUT2D eigenvalue weighted by Crippen LogP contribution is 2.38. The fourth-order valence-corrected chi connectivity index (χ4v) is 4.49. The van der Waals surface area contributed by atoms with E-state index in [2.05, 4.69) is 5.10 Å². The van der Waals surface area contributed by atoms with E-state index in [-0.39, 0.29) is 0 Å². The topological polar surface area (TPSA) is 55.2 Å². The predicted octanol–water partition coefficient (Wildman–Crippen LogP) is 2.43. The monoisotopic (exact) mass is 339 g/mol. The van der Waals surface area contributed by atoms with E-state index in [4.69, 9.17) is 0 Å². The molecule has 0 unspecified atom stereocenters. The Labute approximate surface area is 128 Å². The molecule has 22 heavy (non-hydrogen) atoms. The van der Waals surface area contributed by atoms with Gasteiger partial charge in [0.05, 0.1) is 0 Å². The van der Waals surface area contributed by atoms with Gasteiger partial charge in [0.15, 0.2) is 15.5 Å². The molecule has 0 N–H and O–H groups in total. The second-order valence-electron chi connectivity index (χ2n) is 6.01. The third-order valence-electron chi connectivity index (χ3n) is 4.13. The van der Waals surface area contributed by atoms with Crippen LogP contribution in [0.5, 0.6) is 0 Å². The molecule has 2 rings (SSSR count). The number of halogens is 3. The van der Waals surface area contributed by atoms with Gasteiger partial charge < -0.3 is 0 Å². The van der Waals surface area contributed by atoms with Crippen LogP contribution in [0.15, 0.2) is 11.1 Å². The van der Waals surface area contributed by atoms with Crippen LogP contribution in [0.3, 0.4) is 0 Å². The van der Waals surface area contributed by atoms with E-state index in [1.54, 1.807) is 4.90 Å². The van der Waals surface area contributed by atoms with Crippen molar-refractivity contribution in [3.8, 4) is 0 Å². The number of alkyl halides is 3. The fourth-order valence-electron chi connectivity index (χ4n) is 2.73. The third-order valence-corrected chi connectivity index (χ3v) is 6.58. The first-order valence-corrected chi connectivity index (χ1v) is 8.57. The maximum absolute atomic E-state index is 13.1. The quantitative estimate of drug-likeness (QED) is 0.849. The zero-order chi connectivity index (χ0) is 16.8. The molecule has 5 nitrogen and oxygen atoms in total. The summed E-state index contributed by atoms with van der Waals surface area (Å²) in [7, 11) is -2.93. The van der Waals surface area contributed by atoms with Crippen molar-refractivity contribution in [2.24, 2.45) is 7.05 Å². The summed E-state index contributed by atoms with van der Waals surface area (Å²) in [5, 5.41) is 3.30. The molecule has 0 radical (unpaired) electrons. The summed E-state index contributed by atoms with van der Waals surface area (Å²) >= 11 is 0. The second-order valence-corrected chi connectivity index (χ2v) is 8.46. The number of piperidine rings is 1. The molecule has 0 spiro atoms. The number of nitrogens with zero attached hydrogens (tertiary/aromatic N) is 3. The van der Waals surface area contributed by atoms with Gasteiger partial charge in [0.2, 0.25) is 0 Å². The van der Waals surface area contributed by atoms with E-state index in [1.807, 2.05) is 0 Å². The van der Waals surface area contributed by atoms with Gasteiger partial charge in [-0.15, -0.1) is 0 Å². The van der Waals surface area contributed by atoms with Crippen LogP contribution >= 0.6 is 0 Å². The minimum Gasteiger partial charge on any atom is -0.285 e. The van der Waals surface area contributed by atoms with Crippen molar-refractivity contribution in [3.05, 3.63) is 11.9 Å². The van der Waals surface area contributed by atoms with Gasteiger partial charge in [0.25, 0.3) is 0 Å². The van der Waals surface area contributed by atoms with Crippen molar-refractivity contribution < 1.29 is 21.6 Å². The highest BCUT2D eigenvalue weighted by Gasteiger charge is 2.48. The van der Waals surface area contributed by atoms with Crippen LogP contribution in [0.1, 0.15) is 38.8 Å². The van der Waals surface area contributed by atoms with Crippen LogP contribution in [0.25, 0.3) is 0 Å². The van der Waals surface area contributed by atoms with E-state index in [0.717, 1.165) is 30.1 Å². The van der Waals surface area contributed by atoms with Crippen LogP contribution in [0, 0.1) is 0 Å². The molecular formula is C13H20F3N3O2S. The van der Waals surface area contributed by atoms with Crippen LogP contribution in [-0.4, -0.2) is 41.1 Å². The molecule has 0 saturated carbocycles. The molecule has 126 valence electrons.